The number of hydrogen-bond acceptors (Lipinski definition) is 3. The Kier molecular flexibility index (Phi) is 4.04. The van der Waals surface area contributed by atoms with Crippen LogP contribution in [0.2, 0.25) is 0 Å². The van der Waals surface area contributed by atoms with Gasteiger partial charge in [-0.3, -0.25) is 14.9 Å². The van der Waals surface area contributed by atoms with Crippen LogP contribution in [0, 0.1) is 5.92 Å². The lowest BCUT2D eigenvalue weighted by atomic mass is 9.83. The zero-order chi connectivity index (χ0) is 16.6. The Morgan fingerprint density at radius 3 is 2.50 bits per heavy atom. The molecule has 3 aliphatic rings. The van der Waals surface area contributed by atoms with E-state index < -0.39 is 0 Å². The average molecular weight is 327 g/mol. The van der Waals surface area contributed by atoms with Gasteiger partial charge in [-0.2, -0.15) is 0 Å². The zero-order valence-electron chi connectivity index (χ0n) is 14.0. The van der Waals surface area contributed by atoms with Gasteiger partial charge >= 0.3 is 0 Å². The Morgan fingerprint density at radius 2 is 1.88 bits per heavy atom. The van der Waals surface area contributed by atoms with Crippen molar-refractivity contribution < 1.29 is 9.59 Å². The SMILES string of the molecule is O=C1NC2(CCN(C(=O)C3CCC3)CC2)NC1Cc1ccccc1. The molecule has 3 fully saturated rings. The van der Waals surface area contributed by atoms with E-state index in [0.29, 0.717) is 12.3 Å². The number of benzene rings is 1. The van der Waals surface area contributed by atoms with E-state index in [1.165, 1.54) is 12.0 Å². The predicted octanol–water partition coefficient (Wildman–Crippen LogP) is 1.44. The minimum Gasteiger partial charge on any atom is -0.342 e. The van der Waals surface area contributed by atoms with E-state index in [0.717, 1.165) is 38.8 Å². The monoisotopic (exact) mass is 327 g/mol. The van der Waals surface area contributed by atoms with Gasteiger partial charge in [-0.15, -0.1) is 0 Å². The average Bonchev–Trinajstić information content (AvgIpc) is 2.83. The van der Waals surface area contributed by atoms with Gasteiger partial charge in [-0.1, -0.05) is 36.8 Å². The van der Waals surface area contributed by atoms with E-state index in [4.69, 9.17) is 0 Å². The van der Waals surface area contributed by atoms with Crippen molar-refractivity contribution in [1.29, 1.82) is 0 Å². The lowest BCUT2D eigenvalue weighted by Gasteiger charge is -2.41. The normalized spacial score (nSPS) is 26.2. The van der Waals surface area contributed by atoms with Crippen LogP contribution in [0.1, 0.15) is 37.7 Å². The first-order valence-corrected chi connectivity index (χ1v) is 9.08. The van der Waals surface area contributed by atoms with Gasteiger partial charge in [0.25, 0.3) is 0 Å². The smallest absolute Gasteiger partial charge is 0.238 e. The van der Waals surface area contributed by atoms with Crippen LogP contribution in [0.5, 0.6) is 0 Å². The van der Waals surface area contributed by atoms with E-state index in [2.05, 4.69) is 22.8 Å². The summed E-state index contributed by atoms with van der Waals surface area (Å²) in [6, 6.07) is 9.92. The molecule has 5 nitrogen and oxygen atoms in total. The fourth-order valence-corrected chi connectivity index (χ4v) is 4.04. The molecule has 1 aromatic carbocycles. The molecular weight excluding hydrogens is 302 g/mol. The standard InChI is InChI=1S/C19H25N3O2/c23-17-16(13-14-5-2-1-3-6-14)20-19(21-17)9-11-22(12-10-19)18(24)15-7-4-8-15/h1-3,5-6,15-16,20H,4,7-13H2,(H,21,23). The number of nitrogens with one attached hydrogen (secondary N) is 2. The molecule has 2 N–H and O–H groups in total. The molecule has 2 saturated heterocycles. The first-order valence-electron chi connectivity index (χ1n) is 9.08. The van der Waals surface area contributed by atoms with E-state index in [1.54, 1.807) is 0 Å². The van der Waals surface area contributed by atoms with Gasteiger partial charge in [0.2, 0.25) is 11.8 Å². The second-order valence-corrected chi connectivity index (χ2v) is 7.41. The molecule has 1 saturated carbocycles. The van der Waals surface area contributed by atoms with Crippen LogP contribution in [0.15, 0.2) is 30.3 Å². The lowest BCUT2D eigenvalue weighted by molar-refractivity contribution is -0.140. The quantitative estimate of drug-likeness (QED) is 0.883. The lowest BCUT2D eigenvalue weighted by Crippen LogP contribution is -2.59. The summed E-state index contributed by atoms with van der Waals surface area (Å²) in [5.74, 6) is 0.662. The van der Waals surface area contributed by atoms with Crippen LogP contribution in [0.25, 0.3) is 0 Å². The van der Waals surface area contributed by atoms with Crippen LogP contribution in [-0.2, 0) is 16.0 Å². The van der Waals surface area contributed by atoms with Crippen molar-refractivity contribution in [1.82, 2.24) is 15.5 Å². The van der Waals surface area contributed by atoms with Gasteiger partial charge in [-0.05, 0) is 24.8 Å². The van der Waals surface area contributed by atoms with E-state index in [-0.39, 0.29) is 23.5 Å². The Balaban J connectivity index is 1.35. The second-order valence-electron chi connectivity index (χ2n) is 7.41. The maximum Gasteiger partial charge on any atom is 0.238 e. The molecule has 24 heavy (non-hydrogen) atoms. The summed E-state index contributed by atoms with van der Waals surface area (Å²) in [6.07, 6.45) is 5.58. The number of piperidine rings is 1. The van der Waals surface area contributed by atoms with Crippen LogP contribution in [-0.4, -0.2) is 41.5 Å². The molecule has 5 heteroatoms. The molecule has 1 atom stereocenters. The highest BCUT2D eigenvalue weighted by atomic mass is 16.2. The number of carbonyl (C=O) groups is 2. The molecule has 0 radical (unpaired) electrons. The van der Waals surface area contributed by atoms with E-state index in [9.17, 15) is 9.59 Å². The van der Waals surface area contributed by atoms with Crippen molar-refractivity contribution >= 4 is 11.8 Å². The summed E-state index contributed by atoms with van der Waals surface area (Å²) in [5.41, 5.74) is 0.840. The predicted molar refractivity (Wildman–Crippen MR) is 91.1 cm³/mol. The molecule has 1 aromatic rings. The van der Waals surface area contributed by atoms with Crippen molar-refractivity contribution in [3.63, 3.8) is 0 Å². The molecule has 128 valence electrons. The number of hydrogen-bond donors (Lipinski definition) is 2. The summed E-state index contributed by atoms with van der Waals surface area (Å²) >= 11 is 0. The van der Waals surface area contributed by atoms with Crippen LogP contribution in [0.3, 0.4) is 0 Å². The number of rotatable bonds is 3. The first kappa shape index (κ1) is 15.6. The second kappa shape index (κ2) is 6.20. The molecule has 0 aromatic heterocycles. The van der Waals surface area contributed by atoms with Crippen molar-refractivity contribution in [2.45, 2.75) is 50.2 Å². The third-order valence-corrected chi connectivity index (χ3v) is 5.80. The van der Waals surface area contributed by atoms with Gasteiger partial charge < -0.3 is 10.2 Å². The molecular formula is C19H25N3O2. The fraction of sp³-hybridized carbons (Fsp3) is 0.579. The Hall–Kier alpha value is -1.88. The Bertz CT molecular complexity index is 619. The molecule has 1 unspecified atom stereocenters. The highest BCUT2D eigenvalue weighted by Crippen LogP contribution is 2.31. The van der Waals surface area contributed by atoms with Crippen LogP contribution in [0.4, 0.5) is 0 Å². The van der Waals surface area contributed by atoms with Gasteiger partial charge in [-0.25, -0.2) is 0 Å². The molecule has 1 aliphatic carbocycles. The maximum absolute atomic E-state index is 12.4. The number of amides is 2. The maximum atomic E-state index is 12.4. The fourth-order valence-electron chi connectivity index (χ4n) is 4.04. The highest BCUT2D eigenvalue weighted by Gasteiger charge is 2.46. The molecule has 2 heterocycles. The van der Waals surface area contributed by atoms with E-state index in [1.807, 2.05) is 23.1 Å². The van der Waals surface area contributed by atoms with Crippen molar-refractivity contribution in [3.05, 3.63) is 35.9 Å². The topological polar surface area (TPSA) is 61.4 Å². The summed E-state index contributed by atoms with van der Waals surface area (Å²) in [4.78, 5) is 26.7. The number of nitrogens with zero attached hydrogens (tertiary/aromatic N) is 1. The Morgan fingerprint density at radius 1 is 1.17 bits per heavy atom. The van der Waals surface area contributed by atoms with Gasteiger partial charge in [0.1, 0.15) is 0 Å². The molecule has 1 spiro atoms. The third-order valence-electron chi connectivity index (χ3n) is 5.80. The van der Waals surface area contributed by atoms with Gasteiger partial charge in [0.15, 0.2) is 0 Å². The van der Waals surface area contributed by atoms with Crippen molar-refractivity contribution in [2.75, 3.05) is 13.1 Å². The summed E-state index contributed by atoms with van der Waals surface area (Å²) in [6.45, 7) is 1.47. The summed E-state index contributed by atoms with van der Waals surface area (Å²) < 4.78 is 0. The van der Waals surface area contributed by atoms with E-state index >= 15 is 0 Å². The third kappa shape index (κ3) is 2.93. The number of carbonyl (C=O) groups excluding carboxylic acids is 2. The highest BCUT2D eigenvalue weighted by molar-refractivity contribution is 5.85. The molecule has 2 aliphatic heterocycles. The minimum atomic E-state index is -0.326. The molecule has 4 rings (SSSR count). The first-order chi connectivity index (χ1) is 11.7. The van der Waals surface area contributed by atoms with Gasteiger partial charge in [0, 0.05) is 31.8 Å². The van der Waals surface area contributed by atoms with Crippen LogP contribution >= 0.6 is 0 Å². The zero-order valence-corrected chi connectivity index (χ0v) is 14.0. The van der Waals surface area contributed by atoms with Gasteiger partial charge in [0.05, 0.1) is 11.7 Å². The Labute approximate surface area is 142 Å². The molecule has 0 bridgehead atoms. The minimum absolute atomic E-state index is 0.0811. The van der Waals surface area contributed by atoms with Crippen LogP contribution < -0.4 is 10.6 Å². The van der Waals surface area contributed by atoms with Crippen molar-refractivity contribution in [3.8, 4) is 0 Å². The van der Waals surface area contributed by atoms with Crippen molar-refractivity contribution in [2.24, 2.45) is 5.92 Å². The summed E-state index contributed by atoms with van der Waals surface area (Å²) in [5, 5.41) is 6.69. The summed E-state index contributed by atoms with van der Waals surface area (Å²) in [7, 11) is 0. The molecule has 2 amide bonds. The number of likely N-dealkylation sites (tertiary alicyclic amines) is 1. The largest absolute Gasteiger partial charge is 0.342 e.